The highest BCUT2D eigenvalue weighted by atomic mass is 32.2. The summed E-state index contributed by atoms with van der Waals surface area (Å²) in [6, 6.07) is 15.4. The Kier molecular flexibility index (Phi) is 4.74. The van der Waals surface area contributed by atoms with E-state index in [1.165, 1.54) is 11.8 Å². The second-order valence-electron chi connectivity index (χ2n) is 5.04. The molecule has 0 saturated heterocycles. The van der Waals surface area contributed by atoms with E-state index < -0.39 is 11.9 Å². The molecule has 0 fully saturated rings. The van der Waals surface area contributed by atoms with Crippen LogP contribution in [0.2, 0.25) is 0 Å². The van der Waals surface area contributed by atoms with Crippen LogP contribution >= 0.6 is 11.8 Å². The molecule has 1 N–H and O–H groups in total. The minimum absolute atomic E-state index is 0.616. The summed E-state index contributed by atoms with van der Waals surface area (Å²) in [4.78, 5) is 15.8. The van der Waals surface area contributed by atoms with Crippen LogP contribution in [0.5, 0.6) is 0 Å². The van der Waals surface area contributed by atoms with Gasteiger partial charge in [-0.3, -0.25) is 4.79 Å². The maximum absolute atomic E-state index is 11.5. The van der Waals surface area contributed by atoms with Crippen molar-refractivity contribution in [1.82, 2.24) is 4.98 Å². The van der Waals surface area contributed by atoms with Crippen LogP contribution in [0.15, 0.2) is 89.0 Å². The van der Waals surface area contributed by atoms with Crippen molar-refractivity contribution in [3.05, 3.63) is 89.5 Å². The van der Waals surface area contributed by atoms with E-state index in [-0.39, 0.29) is 0 Å². The number of carboxylic acids is 1. The first-order chi connectivity index (χ1) is 11.2. The molecule has 3 nitrogen and oxygen atoms in total. The summed E-state index contributed by atoms with van der Waals surface area (Å²) >= 11 is 1.52. The third kappa shape index (κ3) is 3.79. The van der Waals surface area contributed by atoms with E-state index in [0.717, 1.165) is 21.7 Å². The smallest absolute Gasteiger partial charge is 0.314 e. The molecule has 0 amide bonds. The molecule has 0 spiro atoms. The third-order valence-electron chi connectivity index (χ3n) is 3.47. The van der Waals surface area contributed by atoms with Gasteiger partial charge in [0.2, 0.25) is 0 Å². The van der Waals surface area contributed by atoms with Crippen molar-refractivity contribution >= 4 is 23.3 Å². The number of aliphatic carboxylic acids is 1. The maximum atomic E-state index is 11.5. The lowest BCUT2D eigenvalue weighted by Crippen LogP contribution is -2.15. The fraction of sp³-hybridized carbons (Fsp3) is 0.0526. The van der Waals surface area contributed by atoms with Crippen molar-refractivity contribution in [1.29, 1.82) is 0 Å². The Morgan fingerprint density at radius 3 is 2.61 bits per heavy atom. The third-order valence-corrected chi connectivity index (χ3v) is 4.34. The summed E-state index contributed by atoms with van der Waals surface area (Å²) in [7, 11) is 0. The Hall–Kier alpha value is -2.59. The predicted molar refractivity (Wildman–Crippen MR) is 92.9 cm³/mol. The number of carbonyl (C=O) groups is 1. The first-order valence-electron chi connectivity index (χ1n) is 7.20. The van der Waals surface area contributed by atoms with Gasteiger partial charge in [-0.1, -0.05) is 60.3 Å². The second-order valence-corrected chi connectivity index (χ2v) is 5.93. The minimum atomic E-state index is -0.840. The van der Waals surface area contributed by atoms with Crippen LogP contribution in [0.25, 0.3) is 5.57 Å². The average molecular weight is 321 g/mol. The molecule has 3 rings (SSSR count). The lowest BCUT2D eigenvalue weighted by atomic mass is 9.87. The van der Waals surface area contributed by atoms with Crippen molar-refractivity contribution in [2.75, 3.05) is 0 Å². The summed E-state index contributed by atoms with van der Waals surface area (Å²) < 4.78 is 0. The summed E-state index contributed by atoms with van der Waals surface area (Å²) in [5.74, 6) is -1.46. The van der Waals surface area contributed by atoms with Crippen LogP contribution in [0.3, 0.4) is 0 Å². The van der Waals surface area contributed by atoms with Gasteiger partial charge >= 0.3 is 5.97 Å². The highest BCUT2D eigenvalue weighted by Gasteiger charge is 2.23. The molecule has 23 heavy (non-hydrogen) atoms. The van der Waals surface area contributed by atoms with Gasteiger partial charge in [-0.2, -0.15) is 0 Å². The number of hydrogen-bond acceptors (Lipinski definition) is 3. The number of hydrogen-bond donors (Lipinski definition) is 1. The normalized spacial score (nSPS) is 18.7. The van der Waals surface area contributed by atoms with Gasteiger partial charge < -0.3 is 5.11 Å². The molecule has 1 unspecified atom stereocenters. The first kappa shape index (κ1) is 15.3. The molecular weight excluding hydrogens is 306 g/mol. The number of thioether (sulfide) groups is 1. The van der Waals surface area contributed by atoms with E-state index in [1.807, 2.05) is 66.1 Å². The Morgan fingerprint density at radius 1 is 1.13 bits per heavy atom. The van der Waals surface area contributed by atoms with Crippen LogP contribution in [-0.2, 0) is 4.79 Å². The van der Waals surface area contributed by atoms with E-state index in [0.29, 0.717) is 0 Å². The molecule has 1 aromatic carbocycles. The first-order valence-corrected chi connectivity index (χ1v) is 8.08. The largest absolute Gasteiger partial charge is 0.481 e. The minimum Gasteiger partial charge on any atom is -0.481 e. The van der Waals surface area contributed by atoms with Crippen molar-refractivity contribution in [2.24, 2.45) is 5.92 Å². The lowest BCUT2D eigenvalue weighted by molar-refractivity contribution is -0.138. The van der Waals surface area contributed by atoms with Gasteiger partial charge in [0, 0.05) is 6.20 Å². The lowest BCUT2D eigenvalue weighted by Gasteiger charge is -2.18. The molecular formula is C19H15NO2S. The van der Waals surface area contributed by atoms with Gasteiger partial charge in [0.15, 0.2) is 0 Å². The Labute approximate surface area is 139 Å². The van der Waals surface area contributed by atoms with Crippen LogP contribution in [-0.4, -0.2) is 16.1 Å². The summed E-state index contributed by atoms with van der Waals surface area (Å²) in [6.45, 7) is 0. The number of aromatic nitrogens is 1. The molecule has 0 bridgehead atoms. The monoisotopic (exact) mass is 321 g/mol. The molecule has 1 aliphatic carbocycles. The van der Waals surface area contributed by atoms with Crippen molar-refractivity contribution in [2.45, 2.75) is 5.03 Å². The molecule has 0 saturated carbocycles. The maximum Gasteiger partial charge on any atom is 0.314 e. The molecule has 4 heteroatoms. The van der Waals surface area contributed by atoms with Crippen LogP contribution in [0, 0.1) is 5.92 Å². The van der Waals surface area contributed by atoms with Crippen LogP contribution in [0.4, 0.5) is 0 Å². The quantitative estimate of drug-likeness (QED) is 0.847. The fourth-order valence-corrected chi connectivity index (χ4v) is 3.04. The summed E-state index contributed by atoms with van der Waals surface area (Å²) in [5.41, 5.74) is 2.70. The number of nitrogens with zero attached hydrogens (tertiary/aromatic N) is 1. The zero-order valence-electron chi connectivity index (χ0n) is 12.3. The predicted octanol–water partition coefficient (Wildman–Crippen LogP) is 4.41. The van der Waals surface area contributed by atoms with Crippen molar-refractivity contribution in [3.8, 4) is 0 Å². The molecule has 0 radical (unpaired) electrons. The molecule has 1 atom stereocenters. The van der Waals surface area contributed by atoms with E-state index in [1.54, 1.807) is 12.3 Å². The van der Waals surface area contributed by atoms with Gasteiger partial charge in [0.05, 0.1) is 0 Å². The van der Waals surface area contributed by atoms with E-state index in [9.17, 15) is 9.90 Å². The SMILES string of the molecule is O=C(O)C1C=C/C(=C/Sc2ccccn2)C=C1c1ccccc1. The fourth-order valence-electron chi connectivity index (χ4n) is 2.36. The van der Waals surface area contributed by atoms with Crippen LogP contribution < -0.4 is 0 Å². The Bertz CT molecular complexity index is 780. The Morgan fingerprint density at radius 2 is 1.91 bits per heavy atom. The van der Waals surface area contributed by atoms with Crippen molar-refractivity contribution < 1.29 is 9.90 Å². The molecule has 1 aliphatic rings. The zero-order valence-corrected chi connectivity index (χ0v) is 13.1. The highest BCUT2D eigenvalue weighted by Crippen LogP contribution is 2.32. The summed E-state index contributed by atoms with van der Waals surface area (Å²) in [5, 5.41) is 12.3. The number of carboxylic acid groups (broad SMARTS) is 1. The molecule has 1 heterocycles. The number of benzene rings is 1. The second kappa shape index (κ2) is 7.11. The number of rotatable bonds is 4. The van der Waals surface area contributed by atoms with Gasteiger partial charge in [-0.15, -0.1) is 0 Å². The number of pyridine rings is 1. The van der Waals surface area contributed by atoms with Crippen LogP contribution in [0.1, 0.15) is 5.56 Å². The van der Waals surface area contributed by atoms with Gasteiger partial charge in [0.25, 0.3) is 0 Å². The van der Waals surface area contributed by atoms with Crippen molar-refractivity contribution in [3.63, 3.8) is 0 Å². The van der Waals surface area contributed by atoms with E-state index in [4.69, 9.17) is 0 Å². The van der Waals surface area contributed by atoms with Gasteiger partial charge in [0.1, 0.15) is 10.9 Å². The molecule has 2 aromatic rings. The highest BCUT2D eigenvalue weighted by molar-refractivity contribution is 8.02. The molecule has 114 valence electrons. The summed E-state index contributed by atoms with van der Waals surface area (Å²) in [6.07, 6.45) is 7.27. The zero-order chi connectivity index (χ0) is 16.1. The Balaban J connectivity index is 1.90. The standard InChI is InChI=1S/C19H15NO2S/c21-19(22)16-10-9-14(13-23-18-8-4-5-11-20-18)12-17(16)15-6-2-1-3-7-15/h1-13,16H,(H,21,22)/b14-13-. The average Bonchev–Trinajstić information content (AvgIpc) is 2.61. The van der Waals surface area contributed by atoms with Gasteiger partial charge in [-0.05, 0) is 40.3 Å². The molecule has 0 aliphatic heterocycles. The molecule has 1 aromatic heterocycles. The van der Waals surface area contributed by atoms with E-state index >= 15 is 0 Å². The number of allylic oxidation sites excluding steroid dienone is 3. The topological polar surface area (TPSA) is 50.2 Å². The van der Waals surface area contributed by atoms with E-state index in [2.05, 4.69) is 4.98 Å². The van der Waals surface area contributed by atoms with Gasteiger partial charge in [-0.25, -0.2) is 4.98 Å².